The largest absolute Gasteiger partial charge is 0.492 e. The first-order valence-electron chi connectivity index (χ1n) is 10.1. The van der Waals surface area contributed by atoms with E-state index in [0.717, 1.165) is 22.9 Å². The third kappa shape index (κ3) is 3.38. The highest BCUT2D eigenvalue weighted by Crippen LogP contribution is 2.61. The van der Waals surface area contributed by atoms with Gasteiger partial charge in [-0.15, -0.1) is 0 Å². The van der Waals surface area contributed by atoms with Crippen molar-refractivity contribution < 1.29 is 14.3 Å². The van der Waals surface area contributed by atoms with Gasteiger partial charge in [0.1, 0.15) is 5.82 Å². The fourth-order valence-electron chi connectivity index (χ4n) is 5.87. The molecule has 1 amide bonds. The minimum atomic E-state index is -0.651. The number of amides is 1. The van der Waals surface area contributed by atoms with Gasteiger partial charge in [-0.1, -0.05) is 29.0 Å². The maximum Gasteiger partial charge on any atom is 0.255 e. The van der Waals surface area contributed by atoms with E-state index in [9.17, 15) is 14.3 Å². The van der Waals surface area contributed by atoms with E-state index in [1.807, 2.05) is 0 Å². The Morgan fingerprint density at radius 2 is 2.07 bits per heavy atom. The third-order valence-corrected chi connectivity index (χ3v) is 8.18. The van der Waals surface area contributed by atoms with Crippen LogP contribution in [-0.4, -0.2) is 28.1 Å². The maximum atomic E-state index is 13.8. The Labute approximate surface area is 177 Å². The molecule has 154 valence electrons. The summed E-state index contributed by atoms with van der Waals surface area (Å²) in [5.41, 5.74) is 0.00141. The second-order valence-corrected chi connectivity index (χ2v) is 10.2. The Kier molecular flexibility index (Phi) is 4.70. The summed E-state index contributed by atoms with van der Waals surface area (Å²) in [4.78, 5) is 17.3. The summed E-state index contributed by atoms with van der Waals surface area (Å²) in [5, 5.41) is 17.4. The van der Waals surface area contributed by atoms with Crippen molar-refractivity contribution in [3.8, 4) is 5.88 Å². The van der Waals surface area contributed by atoms with Crippen LogP contribution in [0.5, 0.6) is 5.88 Å². The molecular weight excluding hydrogens is 413 g/mol. The van der Waals surface area contributed by atoms with Crippen LogP contribution >= 0.6 is 22.9 Å². The number of thiazole rings is 1. The SMILES string of the molecule is O=C(NCCc1sc(NC23CC4CC(CC2C4)C3)nc1O)c1c(F)cccc1Cl. The van der Waals surface area contributed by atoms with Crippen LogP contribution in [0.3, 0.4) is 0 Å². The van der Waals surface area contributed by atoms with Gasteiger partial charge < -0.3 is 15.7 Å². The molecule has 8 heteroatoms. The summed E-state index contributed by atoms with van der Waals surface area (Å²) in [6, 6.07) is 4.15. The highest BCUT2D eigenvalue weighted by atomic mass is 35.5. The fraction of sp³-hybridized carbons (Fsp3) is 0.524. The quantitative estimate of drug-likeness (QED) is 0.619. The Hall–Kier alpha value is -1.86. The van der Waals surface area contributed by atoms with Crippen molar-refractivity contribution in [2.45, 2.75) is 44.1 Å². The lowest BCUT2D eigenvalue weighted by Gasteiger charge is -2.33. The second kappa shape index (κ2) is 7.13. The van der Waals surface area contributed by atoms with Crippen LogP contribution in [0.25, 0.3) is 0 Å². The zero-order chi connectivity index (χ0) is 20.2. The molecular formula is C21H23ClFN3O2S. The van der Waals surface area contributed by atoms with Gasteiger partial charge in [0.15, 0.2) is 5.13 Å². The maximum absolute atomic E-state index is 13.8. The summed E-state index contributed by atoms with van der Waals surface area (Å²) in [7, 11) is 0. The first-order chi connectivity index (χ1) is 13.9. The van der Waals surface area contributed by atoms with Crippen molar-refractivity contribution in [2.24, 2.45) is 17.8 Å². The van der Waals surface area contributed by atoms with Gasteiger partial charge in [-0.3, -0.25) is 4.79 Å². The van der Waals surface area contributed by atoms with Crippen LogP contribution in [0.4, 0.5) is 9.52 Å². The molecule has 4 fully saturated rings. The Bertz CT molecular complexity index is 931. The molecule has 2 unspecified atom stereocenters. The van der Waals surface area contributed by atoms with Gasteiger partial charge in [0.05, 0.1) is 15.5 Å². The number of nitrogens with zero attached hydrogens (tertiary/aromatic N) is 1. The molecule has 0 aliphatic heterocycles. The Morgan fingerprint density at radius 1 is 1.31 bits per heavy atom. The number of hydrogen-bond acceptors (Lipinski definition) is 5. The van der Waals surface area contributed by atoms with Gasteiger partial charge in [0.2, 0.25) is 5.88 Å². The predicted molar refractivity (Wildman–Crippen MR) is 111 cm³/mol. The highest BCUT2D eigenvalue weighted by Gasteiger charge is 2.58. The first-order valence-corrected chi connectivity index (χ1v) is 11.3. The van der Waals surface area contributed by atoms with E-state index in [4.69, 9.17) is 11.6 Å². The van der Waals surface area contributed by atoms with E-state index in [-0.39, 0.29) is 28.5 Å². The minimum Gasteiger partial charge on any atom is -0.492 e. The molecule has 2 atom stereocenters. The van der Waals surface area contributed by atoms with Crippen molar-refractivity contribution >= 4 is 34.0 Å². The number of rotatable bonds is 6. The number of aromatic nitrogens is 1. The zero-order valence-corrected chi connectivity index (χ0v) is 17.5. The van der Waals surface area contributed by atoms with Crippen LogP contribution in [0.2, 0.25) is 5.02 Å². The predicted octanol–water partition coefficient (Wildman–Crippen LogP) is 4.60. The zero-order valence-electron chi connectivity index (χ0n) is 15.9. The molecule has 6 rings (SSSR count). The molecule has 0 spiro atoms. The summed E-state index contributed by atoms with van der Waals surface area (Å²) < 4.78 is 13.8. The van der Waals surface area contributed by atoms with E-state index in [1.54, 1.807) is 0 Å². The van der Waals surface area contributed by atoms with E-state index in [2.05, 4.69) is 15.6 Å². The summed E-state index contributed by atoms with van der Waals surface area (Å²) in [6.45, 7) is 0.261. The first kappa shape index (κ1) is 19.1. The number of anilines is 1. The molecule has 5 nitrogen and oxygen atoms in total. The molecule has 3 N–H and O–H groups in total. The van der Waals surface area contributed by atoms with E-state index in [0.29, 0.717) is 11.3 Å². The van der Waals surface area contributed by atoms with Gasteiger partial charge in [-0.2, -0.15) is 4.98 Å². The monoisotopic (exact) mass is 435 g/mol. The Balaban J connectivity index is 1.21. The molecule has 4 saturated carbocycles. The number of carbonyl (C=O) groups is 1. The standard InChI is InChI=1S/C21H23ClFN3O2S/c22-14-2-1-3-15(23)17(14)19(28)24-5-4-16-18(27)25-20(29-16)26-21-9-11-6-12(10-21)8-13(21)7-11/h1-3,11-13,27H,4-10H2,(H,24,28)(H,25,26). The van der Waals surface area contributed by atoms with Crippen molar-refractivity contribution in [3.63, 3.8) is 0 Å². The van der Waals surface area contributed by atoms with Crippen LogP contribution in [0, 0.1) is 23.6 Å². The average Bonchev–Trinajstić information content (AvgIpc) is 3.19. The van der Waals surface area contributed by atoms with Crippen molar-refractivity contribution in [3.05, 3.63) is 39.5 Å². The third-order valence-electron chi connectivity index (χ3n) is 6.85. The molecule has 0 radical (unpaired) electrons. The number of halogens is 2. The summed E-state index contributed by atoms with van der Waals surface area (Å²) in [6.07, 6.45) is 6.86. The molecule has 29 heavy (non-hydrogen) atoms. The van der Waals surface area contributed by atoms with Crippen molar-refractivity contribution in [1.82, 2.24) is 10.3 Å². The van der Waals surface area contributed by atoms with Gasteiger partial charge in [0.25, 0.3) is 5.91 Å². The van der Waals surface area contributed by atoms with Gasteiger partial charge in [-0.25, -0.2) is 4.39 Å². The smallest absolute Gasteiger partial charge is 0.255 e. The molecule has 0 saturated heterocycles. The number of aromatic hydroxyl groups is 1. The van der Waals surface area contributed by atoms with Gasteiger partial charge >= 0.3 is 0 Å². The average molecular weight is 436 g/mol. The second-order valence-electron chi connectivity index (χ2n) is 8.69. The van der Waals surface area contributed by atoms with Crippen molar-refractivity contribution in [2.75, 3.05) is 11.9 Å². The molecule has 4 aliphatic rings. The molecule has 1 aromatic carbocycles. The number of nitrogens with one attached hydrogen (secondary N) is 2. The van der Waals surface area contributed by atoms with Crippen LogP contribution in [-0.2, 0) is 6.42 Å². The Morgan fingerprint density at radius 3 is 2.79 bits per heavy atom. The normalized spacial score (nSPS) is 29.4. The van der Waals surface area contributed by atoms with Crippen LogP contribution in [0.1, 0.15) is 47.3 Å². The number of hydrogen-bond donors (Lipinski definition) is 3. The van der Waals surface area contributed by atoms with Gasteiger partial charge in [-0.05, 0) is 62.0 Å². The lowest BCUT2D eigenvalue weighted by Crippen LogP contribution is -2.39. The van der Waals surface area contributed by atoms with E-state index in [1.165, 1.54) is 61.6 Å². The highest BCUT2D eigenvalue weighted by molar-refractivity contribution is 7.15. The minimum absolute atomic E-state index is 0.00442. The van der Waals surface area contributed by atoms with Crippen molar-refractivity contribution in [1.29, 1.82) is 0 Å². The number of carbonyl (C=O) groups excluding carboxylic acids is 1. The topological polar surface area (TPSA) is 74.2 Å². The van der Waals surface area contributed by atoms with Crippen LogP contribution in [0.15, 0.2) is 18.2 Å². The molecule has 4 aliphatic carbocycles. The van der Waals surface area contributed by atoms with Gasteiger partial charge in [0, 0.05) is 18.5 Å². The van der Waals surface area contributed by atoms with Crippen LogP contribution < -0.4 is 10.6 Å². The summed E-state index contributed by atoms with van der Waals surface area (Å²) in [5.74, 6) is 1.20. The van der Waals surface area contributed by atoms with E-state index < -0.39 is 11.7 Å². The molecule has 2 aromatic rings. The lowest BCUT2D eigenvalue weighted by atomic mass is 9.80. The molecule has 1 aromatic heterocycles. The molecule has 1 heterocycles. The summed E-state index contributed by atoms with van der Waals surface area (Å²) >= 11 is 7.37. The van der Waals surface area contributed by atoms with E-state index >= 15 is 0 Å². The lowest BCUT2D eigenvalue weighted by molar-refractivity contribution is 0.0950. The number of benzene rings is 1. The molecule has 4 bridgehead atoms. The fourth-order valence-corrected chi connectivity index (χ4v) is 7.08.